The number of thioether (sulfide) groups is 1. The monoisotopic (exact) mass is 469 g/mol. The topological polar surface area (TPSA) is 64.6 Å². The van der Waals surface area contributed by atoms with Crippen LogP contribution in [0.1, 0.15) is 21.5 Å². The standard InChI is InChI=1S/C28H23NO4S/c30-27(23-14-8-3-9-15-23)33-24-16-17-26(34-20-22-12-6-2-7-13-22)25(18-24)29-28(31)32-19-21-10-4-1-5-11-21/h1-18H,19-20H2,(H,29,31). The zero-order valence-corrected chi connectivity index (χ0v) is 19.2. The molecular formula is C28H23NO4S. The highest BCUT2D eigenvalue weighted by atomic mass is 32.2. The number of anilines is 1. The highest BCUT2D eigenvalue weighted by Gasteiger charge is 2.14. The number of carbonyl (C=O) groups is 2. The van der Waals surface area contributed by atoms with Crippen LogP contribution in [0, 0.1) is 0 Å². The molecular weight excluding hydrogens is 446 g/mol. The molecule has 170 valence electrons. The Morgan fingerprint density at radius 3 is 2.03 bits per heavy atom. The highest BCUT2D eigenvalue weighted by molar-refractivity contribution is 7.98. The van der Waals surface area contributed by atoms with Gasteiger partial charge in [-0.15, -0.1) is 11.8 Å². The van der Waals surface area contributed by atoms with Crippen LogP contribution in [0.3, 0.4) is 0 Å². The third-order valence-corrected chi connectivity index (χ3v) is 6.00. The van der Waals surface area contributed by atoms with E-state index in [0.29, 0.717) is 17.0 Å². The summed E-state index contributed by atoms with van der Waals surface area (Å²) in [6.07, 6.45) is -0.586. The first-order valence-corrected chi connectivity index (χ1v) is 11.7. The van der Waals surface area contributed by atoms with Gasteiger partial charge in [0.2, 0.25) is 0 Å². The number of esters is 1. The number of hydrogen-bond donors (Lipinski definition) is 1. The van der Waals surface area contributed by atoms with E-state index >= 15 is 0 Å². The van der Waals surface area contributed by atoms with Crippen LogP contribution in [0.25, 0.3) is 0 Å². The second kappa shape index (κ2) is 11.7. The van der Waals surface area contributed by atoms with E-state index in [2.05, 4.69) is 5.32 Å². The number of hydrogen-bond acceptors (Lipinski definition) is 5. The lowest BCUT2D eigenvalue weighted by Gasteiger charge is -2.13. The maximum absolute atomic E-state index is 12.5. The van der Waals surface area contributed by atoms with Gasteiger partial charge in [0, 0.05) is 16.7 Å². The van der Waals surface area contributed by atoms with Gasteiger partial charge in [-0.2, -0.15) is 0 Å². The van der Waals surface area contributed by atoms with E-state index in [0.717, 1.165) is 21.8 Å². The van der Waals surface area contributed by atoms with Crippen molar-refractivity contribution in [3.8, 4) is 5.75 Å². The summed E-state index contributed by atoms with van der Waals surface area (Å²) >= 11 is 1.57. The largest absolute Gasteiger partial charge is 0.444 e. The second-order valence-electron chi connectivity index (χ2n) is 7.37. The van der Waals surface area contributed by atoms with Gasteiger partial charge < -0.3 is 9.47 Å². The summed E-state index contributed by atoms with van der Waals surface area (Å²) < 4.78 is 10.9. The van der Waals surface area contributed by atoms with Crippen LogP contribution < -0.4 is 10.1 Å². The van der Waals surface area contributed by atoms with Gasteiger partial charge >= 0.3 is 12.1 Å². The third kappa shape index (κ3) is 6.73. The molecule has 0 aliphatic rings. The van der Waals surface area contributed by atoms with Crippen LogP contribution in [-0.2, 0) is 17.1 Å². The average Bonchev–Trinajstić information content (AvgIpc) is 2.89. The van der Waals surface area contributed by atoms with Gasteiger partial charge in [-0.1, -0.05) is 78.9 Å². The quantitative estimate of drug-likeness (QED) is 0.172. The average molecular weight is 470 g/mol. The molecule has 6 heteroatoms. The Labute approximate surface area is 202 Å². The lowest BCUT2D eigenvalue weighted by Crippen LogP contribution is -2.14. The fourth-order valence-electron chi connectivity index (χ4n) is 3.14. The van der Waals surface area contributed by atoms with Crippen molar-refractivity contribution in [1.29, 1.82) is 0 Å². The summed E-state index contributed by atoms with van der Waals surface area (Å²) in [7, 11) is 0. The smallest absolute Gasteiger partial charge is 0.411 e. The van der Waals surface area contributed by atoms with Gasteiger partial charge in [-0.25, -0.2) is 9.59 Å². The number of amides is 1. The predicted octanol–water partition coefficient (Wildman–Crippen LogP) is 6.95. The molecule has 4 rings (SSSR count). The van der Waals surface area contributed by atoms with Gasteiger partial charge in [-0.3, -0.25) is 5.32 Å². The minimum Gasteiger partial charge on any atom is -0.444 e. The van der Waals surface area contributed by atoms with Crippen molar-refractivity contribution in [2.45, 2.75) is 17.3 Å². The molecule has 0 fully saturated rings. The van der Waals surface area contributed by atoms with E-state index in [-0.39, 0.29) is 6.61 Å². The first-order valence-electron chi connectivity index (χ1n) is 10.7. The van der Waals surface area contributed by atoms with Crippen LogP contribution in [0.15, 0.2) is 114 Å². The number of benzene rings is 4. The summed E-state index contributed by atoms with van der Waals surface area (Å²) in [5.74, 6) is 0.580. The van der Waals surface area contributed by atoms with Crippen LogP contribution in [0.5, 0.6) is 5.75 Å². The van der Waals surface area contributed by atoms with Gasteiger partial charge in [0.15, 0.2) is 0 Å². The molecule has 0 aliphatic heterocycles. The summed E-state index contributed by atoms with van der Waals surface area (Å²) in [4.78, 5) is 25.8. The molecule has 5 nitrogen and oxygen atoms in total. The van der Waals surface area contributed by atoms with Crippen LogP contribution in [-0.4, -0.2) is 12.1 Å². The van der Waals surface area contributed by atoms with Crippen molar-refractivity contribution in [2.75, 3.05) is 5.32 Å². The molecule has 0 radical (unpaired) electrons. The van der Waals surface area contributed by atoms with E-state index in [1.807, 2.05) is 72.8 Å². The van der Waals surface area contributed by atoms with Gasteiger partial charge in [-0.05, 0) is 35.4 Å². The molecule has 0 saturated carbocycles. The van der Waals surface area contributed by atoms with Crippen molar-refractivity contribution in [3.05, 3.63) is 126 Å². The first kappa shape index (κ1) is 23.1. The molecule has 0 bridgehead atoms. The fourth-order valence-corrected chi connectivity index (χ4v) is 4.09. The molecule has 0 aliphatic carbocycles. The lowest BCUT2D eigenvalue weighted by atomic mass is 10.2. The molecule has 0 atom stereocenters. The van der Waals surface area contributed by atoms with E-state index < -0.39 is 12.1 Å². The summed E-state index contributed by atoms with van der Waals surface area (Å²) in [5, 5.41) is 2.80. The van der Waals surface area contributed by atoms with Crippen molar-refractivity contribution in [3.63, 3.8) is 0 Å². The van der Waals surface area contributed by atoms with Gasteiger partial charge in [0.05, 0.1) is 11.3 Å². The summed E-state index contributed by atoms with van der Waals surface area (Å²) in [6.45, 7) is 0.155. The Morgan fingerprint density at radius 2 is 1.35 bits per heavy atom. The highest BCUT2D eigenvalue weighted by Crippen LogP contribution is 2.33. The Morgan fingerprint density at radius 1 is 0.735 bits per heavy atom. The molecule has 0 heterocycles. The van der Waals surface area contributed by atoms with E-state index in [1.165, 1.54) is 0 Å². The lowest BCUT2D eigenvalue weighted by molar-refractivity contribution is 0.0735. The van der Waals surface area contributed by atoms with E-state index in [1.54, 1.807) is 48.2 Å². The molecule has 0 saturated heterocycles. The second-order valence-corrected chi connectivity index (χ2v) is 8.39. The first-order chi connectivity index (χ1) is 16.7. The number of carbonyl (C=O) groups excluding carboxylic acids is 2. The van der Waals surface area contributed by atoms with Crippen LogP contribution in [0.4, 0.5) is 10.5 Å². The molecule has 0 spiro atoms. The van der Waals surface area contributed by atoms with E-state index in [4.69, 9.17) is 9.47 Å². The SMILES string of the molecule is O=C(Nc1cc(OC(=O)c2ccccc2)ccc1SCc1ccccc1)OCc1ccccc1. The Bertz CT molecular complexity index is 1230. The molecule has 1 amide bonds. The zero-order valence-electron chi connectivity index (χ0n) is 18.3. The fraction of sp³-hybridized carbons (Fsp3) is 0.0714. The van der Waals surface area contributed by atoms with Crippen molar-refractivity contribution in [2.24, 2.45) is 0 Å². The number of rotatable bonds is 8. The van der Waals surface area contributed by atoms with Gasteiger partial charge in [0.1, 0.15) is 12.4 Å². The van der Waals surface area contributed by atoms with Crippen molar-refractivity contribution < 1.29 is 19.1 Å². The van der Waals surface area contributed by atoms with E-state index in [9.17, 15) is 9.59 Å². The Balaban J connectivity index is 1.48. The Hall–Kier alpha value is -4.03. The van der Waals surface area contributed by atoms with Crippen LogP contribution >= 0.6 is 11.8 Å². The normalized spacial score (nSPS) is 10.4. The van der Waals surface area contributed by atoms with Crippen molar-refractivity contribution >= 4 is 29.5 Å². The molecule has 34 heavy (non-hydrogen) atoms. The maximum atomic E-state index is 12.5. The zero-order chi connectivity index (χ0) is 23.6. The minimum atomic E-state index is -0.586. The summed E-state index contributed by atoms with van der Waals surface area (Å²) in [5.41, 5.74) is 3.01. The number of ether oxygens (including phenoxy) is 2. The third-order valence-electron chi connectivity index (χ3n) is 4.86. The number of nitrogens with one attached hydrogen (secondary N) is 1. The molecule has 0 unspecified atom stereocenters. The maximum Gasteiger partial charge on any atom is 0.411 e. The van der Waals surface area contributed by atoms with Crippen LogP contribution in [0.2, 0.25) is 0 Å². The minimum absolute atomic E-state index is 0.155. The predicted molar refractivity (Wildman–Crippen MR) is 134 cm³/mol. The van der Waals surface area contributed by atoms with Gasteiger partial charge in [0.25, 0.3) is 0 Å². The summed E-state index contributed by atoms with van der Waals surface area (Å²) in [6, 6.07) is 33.4. The molecule has 4 aromatic rings. The molecule has 4 aromatic carbocycles. The van der Waals surface area contributed by atoms with Crippen molar-refractivity contribution in [1.82, 2.24) is 0 Å². The molecule has 1 N–H and O–H groups in total. The Kier molecular flexibility index (Phi) is 7.98. The molecule has 0 aromatic heterocycles.